The van der Waals surface area contributed by atoms with Crippen LogP contribution in [0.3, 0.4) is 0 Å². The SMILES string of the molecule is O=C(N1CCC(c2nc(-c3cccnc3)no2)(C(F)(F)F)C1)C1(O)CNC1. The van der Waals surface area contributed by atoms with Gasteiger partial charge in [0.2, 0.25) is 11.7 Å². The van der Waals surface area contributed by atoms with Crippen molar-refractivity contribution in [3.63, 3.8) is 0 Å². The van der Waals surface area contributed by atoms with Crippen LogP contribution in [0.1, 0.15) is 12.3 Å². The van der Waals surface area contributed by atoms with Crippen molar-refractivity contribution in [1.82, 2.24) is 25.3 Å². The molecule has 1 unspecified atom stereocenters. The van der Waals surface area contributed by atoms with Crippen molar-refractivity contribution in [3.8, 4) is 11.4 Å². The highest BCUT2D eigenvalue weighted by atomic mass is 19.4. The number of pyridine rings is 1. The molecule has 0 aliphatic carbocycles. The molecule has 0 radical (unpaired) electrons. The first-order valence-corrected chi connectivity index (χ1v) is 8.29. The third-order valence-electron chi connectivity index (χ3n) is 5.09. The molecule has 2 N–H and O–H groups in total. The van der Waals surface area contributed by atoms with E-state index in [0.29, 0.717) is 5.56 Å². The van der Waals surface area contributed by atoms with Crippen LogP contribution >= 0.6 is 0 Å². The fourth-order valence-electron chi connectivity index (χ4n) is 3.35. The summed E-state index contributed by atoms with van der Waals surface area (Å²) in [4.78, 5) is 21.3. The lowest BCUT2D eigenvalue weighted by Crippen LogP contribution is -2.67. The molecule has 2 aliphatic heterocycles. The highest BCUT2D eigenvalue weighted by Gasteiger charge is 2.64. The summed E-state index contributed by atoms with van der Waals surface area (Å²) in [5, 5.41) is 16.5. The van der Waals surface area contributed by atoms with E-state index >= 15 is 0 Å². The second kappa shape index (κ2) is 5.99. The summed E-state index contributed by atoms with van der Waals surface area (Å²) in [5.41, 5.74) is -3.70. The number of β-amino-alcohol motifs (C(OH)–C–C–N with tert-alkyl or cyclic N) is 1. The number of carbonyl (C=O) groups excluding carboxylic acids is 1. The Hall–Kier alpha value is -2.53. The van der Waals surface area contributed by atoms with Gasteiger partial charge in [0.15, 0.2) is 11.0 Å². The maximum atomic E-state index is 14.0. The molecule has 0 bridgehead atoms. The zero-order chi connectivity index (χ0) is 19.3. The first-order valence-electron chi connectivity index (χ1n) is 8.29. The maximum absolute atomic E-state index is 14.0. The zero-order valence-corrected chi connectivity index (χ0v) is 14.0. The number of hydrogen-bond acceptors (Lipinski definition) is 7. The molecule has 2 fully saturated rings. The van der Waals surface area contributed by atoms with Crippen LogP contribution in [0.4, 0.5) is 13.2 Å². The number of hydrogen-bond donors (Lipinski definition) is 2. The van der Waals surface area contributed by atoms with E-state index < -0.39 is 42.0 Å². The lowest BCUT2D eigenvalue weighted by atomic mass is 9.86. The van der Waals surface area contributed by atoms with Crippen LogP contribution < -0.4 is 5.32 Å². The highest BCUT2D eigenvalue weighted by Crippen LogP contribution is 2.47. The Morgan fingerprint density at radius 3 is 2.74 bits per heavy atom. The lowest BCUT2D eigenvalue weighted by molar-refractivity contribution is -0.195. The molecule has 2 aliphatic rings. The van der Waals surface area contributed by atoms with Crippen molar-refractivity contribution in [2.24, 2.45) is 0 Å². The molecule has 11 heteroatoms. The third-order valence-corrected chi connectivity index (χ3v) is 5.09. The Labute approximate surface area is 151 Å². The molecule has 2 aromatic heterocycles. The van der Waals surface area contributed by atoms with Gasteiger partial charge < -0.3 is 19.8 Å². The minimum Gasteiger partial charge on any atom is -0.377 e. The quantitative estimate of drug-likeness (QED) is 0.795. The Bertz CT molecular complexity index is 852. The van der Waals surface area contributed by atoms with Crippen molar-refractivity contribution in [2.75, 3.05) is 26.2 Å². The van der Waals surface area contributed by atoms with E-state index in [0.717, 1.165) is 4.90 Å². The summed E-state index contributed by atoms with van der Waals surface area (Å²) < 4.78 is 46.9. The van der Waals surface area contributed by atoms with Gasteiger partial charge in [-0.1, -0.05) is 5.16 Å². The van der Waals surface area contributed by atoms with Crippen molar-refractivity contribution in [3.05, 3.63) is 30.4 Å². The normalized spacial score (nSPS) is 24.7. The van der Waals surface area contributed by atoms with E-state index in [9.17, 15) is 23.1 Å². The number of nitrogens with one attached hydrogen (secondary N) is 1. The molecule has 1 atom stereocenters. The van der Waals surface area contributed by atoms with E-state index in [1.807, 2.05) is 0 Å². The standard InChI is InChI=1S/C16H16F3N5O3/c17-16(18,19)14(3-5-24(9-14)13(25)15(26)7-21-8-15)12-22-11(23-27-12)10-2-1-4-20-6-10/h1-2,4,6,21,26H,3,5,7-9H2. The highest BCUT2D eigenvalue weighted by molar-refractivity contribution is 5.87. The molecular formula is C16H16F3N5O3. The number of rotatable bonds is 3. The molecule has 144 valence electrons. The van der Waals surface area contributed by atoms with Crippen molar-refractivity contribution in [2.45, 2.75) is 23.6 Å². The fourth-order valence-corrected chi connectivity index (χ4v) is 3.35. The van der Waals surface area contributed by atoms with Crippen molar-refractivity contribution in [1.29, 1.82) is 0 Å². The molecule has 0 saturated carbocycles. The number of aliphatic hydroxyl groups is 1. The van der Waals surface area contributed by atoms with Crippen molar-refractivity contribution >= 4 is 5.91 Å². The number of likely N-dealkylation sites (tertiary alicyclic amines) is 1. The van der Waals surface area contributed by atoms with Gasteiger partial charge >= 0.3 is 6.18 Å². The van der Waals surface area contributed by atoms with Gasteiger partial charge in [-0.05, 0) is 18.6 Å². The predicted molar refractivity (Wildman–Crippen MR) is 84.3 cm³/mol. The van der Waals surface area contributed by atoms with Gasteiger partial charge in [-0.2, -0.15) is 18.2 Å². The topological polar surface area (TPSA) is 104 Å². The molecule has 27 heavy (non-hydrogen) atoms. The molecular weight excluding hydrogens is 367 g/mol. The van der Waals surface area contributed by atoms with Gasteiger partial charge in [-0.15, -0.1) is 0 Å². The summed E-state index contributed by atoms with van der Waals surface area (Å²) in [5.74, 6) is -1.32. The van der Waals surface area contributed by atoms with Gasteiger partial charge in [0.05, 0.1) is 0 Å². The van der Waals surface area contributed by atoms with Gasteiger partial charge in [-0.3, -0.25) is 9.78 Å². The number of aromatic nitrogens is 3. The van der Waals surface area contributed by atoms with Crippen LogP contribution in [0.2, 0.25) is 0 Å². The van der Waals surface area contributed by atoms with Gasteiger partial charge in [0.25, 0.3) is 5.91 Å². The van der Waals surface area contributed by atoms with Gasteiger partial charge in [0.1, 0.15) is 0 Å². The predicted octanol–water partition coefficient (Wildman–Crippen LogP) is 0.498. The summed E-state index contributed by atoms with van der Waals surface area (Å²) in [7, 11) is 0. The maximum Gasteiger partial charge on any atom is 0.405 e. The van der Waals surface area contributed by atoms with Crippen LogP contribution in [0.25, 0.3) is 11.4 Å². The summed E-state index contributed by atoms with van der Waals surface area (Å²) in [6.07, 6.45) is -2.19. The van der Waals surface area contributed by atoms with E-state index in [1.165, 1.54) is 12.4 Å². The Balaban J connectivity index is 1.65. The molecule has 4 rings (SSSR count). The average molecular weight is 383 g/mol. The Morgan fingerprint density at radius 2 is 2.15 bits per heavy atom. The van der Waals surface area contributed by atoms with Gasteiger partial charge in [0, 0.05) is 44.1 Å². The number of carbonyl (C=O) groups is 1. The second-order valence-electron chi connectivity index (χ2n) is 6.86. The molecule has 4 heterocycles. The summed E-state index contributed by atoms with van der Waals surface area (Å²) >= 11 is 0. The second-order valence-corrected chi connectivity index (χ2v) is 6.86. The number of nitrogens with zero attached hydrogens (tertiary/aromatic N) is 4. The average Bonchev–Trinajstić information content (AvgIpc) is 3.27. The van der Waals surface area contributed by atoms with E-state index in [4.69, 9.17) is 4.52 Å². The van der Waals surface area contributed by atoms with E-state index in [-0.39, 0.29) is 25.5 Å². The first kappa shape index (κ1) is 17.9. The Kier molecular flexibility index (Phi) is 3.96. The van der Waals surface area contributed by atoms with Crippen LogP contribution in [0, 0.1) is 0 Å². The van der Waals surface area contributed by atoms with Gasteiger partial charge in [-0.25, -0.2) is 0 Å². The first-order chi connectivity index (χ1) is 12.8. The zero-order valence-electron chi connectivity index (χ0n) is 14.0. The lowest BCUT2D eigenvalue weighted by Gasteiger charge is -2.39. The molecule has 2 aromatic rings. The fraction of sp³-hybridized carbons (Fsp3) is 0.500. The smallest absolute Gasteiger partial charge is 0.377 e. The largest absolute Gasteiger partial charge is 0.405 e. The number of amides is 1. The number of alkyl halides is 3. The molecule has 0 aromatic carbocycles. The minimum absolute atomic E-state index is 0.00618. The number of halogens is 3. The van der Waals surface area contributed by atoms with Crippen molar-refractivity contribution < 1.29 is 27.6 Å². The van der Waals surface area contributed by atoms with Crippen LogP contribution in [-0.2, 0) is 10.2 Å². The van der Waals surface area contributed by atoms with E-state index in [1.54, 1.807) is 12.1 Å². The molecule has 1 amide bonds. The molecule has 0 spiro atoms. The summed E-state index contributed by atoms with van der Waals surface area (Å²) in [6.45, 7) is -0.794. The minimum atomic E-state index is -4.71. The molecule has 2 saturated heterocycles. The Morgan fingerprint density at radius 1 is 1.37 bits per heavy atom. The van der Waals surface area contributed by atoms with Crippen LogP contribution in [0.15, 0.2) is 29.0 Å². The molecule has 8 nitrogen and oxygen atoms in total. The van der Waals surface area contributed by atoms with Crippen LogP contribution in [0.5, 0.6) is 0 Å². The summed E-state index contributed by atoms with van der Waals surface area (Å²) in [6, 6.07) is 3.21. The van der Waals surface area contributed by atoms with E-state index in [2.05, 4.69) is 20.4 Å². The third kappa shape index (κ3) is 2.77. The van der Waals surface area contributed by atoms with Crippen LogP contribution in [-0.4, -0.2) is 69.0 Å². The monoisotopic (exact) mass is 383 g/mol.